The molecule has 5 heteroatoms. The molecule has 1 aromatic heterocycles. The highest BCUT2D eigenvalue weighted by Crippen LogP contribution is 2.52. The van der Waals surface area contributed by atoms with Crippen molar-refractivity contribution in [3.8, 4) is 11.1 Å². The monoisotopic (exact) mass is 325 g/mol. The number of allylic oxidation sites excluding steroid dienone is 1. The molecule has 0 saturated heterocycles. The minimum absolute atomic E-state index is 0.0394. The first-order valence-corrected chi connectivity index (χ1v) is 8.06. The number of hydrogen-bond donors (Lipinski definition) is 2. The van der Waals surface area contributed by atoms with Gasteiger partial charge in [0.15, 0.2) is 0 Å². The SMILES string of the molecule is COC(=O)C1=C(O)C2(CCC2)n2cc(-c3ccccc3)cc2C1O. The summed E-state index contributed by atoms with van der Waals surface area (Å²) < 4.78 is 6.71. The molecule has 1 saturated carbocycles. The molecule has 1 aliphatic heterocycles. The van der Waals surface area contributed by atoms with Crippen LogP contribution in [0.1, 0.15) is 31.1 Å². The molecule has 1 atom stereocenters. The zero-order chi connectivity index (χ0) is 16.9. The van der Waals surface area contributed by atoms with Crippen LogP contribution in [0.3, 0.4) is 0 Å². The Balaban J connectivity index is 1.89. The maximum atomic E-state index is 12.1. The van der Waals surface area contributed by atoms with Crippen LogP contribution in [0.15, 0.2) is 53.9 Å². The Morgan fingerprint density at radius 1 is 1.25 bits per heavy atom. The predicted octanol–water partition coefficient (Wildman–Crippen LogP) is 3.07. The Bertz CT molecular complexity index is 830. The summed E-state index contributed by atoms with van der Waals surface area (Å²) in [5, 5.41) is 21.4. The number of nitrogens with zero attached hydrogens (tertiary/aromatic N) is 1. The summed E-state index contributed by atoms with van der Waals surface area (Å²) in [5.74, 6) is -0.740. The topological polar surface area (TPSA) is 71.7 Å². The average Bonchev–Trinajstić information content (AvgIpc) is 3.00. The zero-order valence-corrected chi connectivity index (χ0v) is 13.4. The Labute approximate surface area is 139 Å². The fourth-order valence-corrected chi connectivity index (χ4v) is 3.80. The number of hydrogen-bond acceptors (Lipinski definition) is 4. The summed E-state index contributed by atoms with van der Waals surface area (Å²) in [7, 11) is 1.26. The summed E-state index contributed by atoms with van der Waals surface area (Å²) in [6, 6.07) is 11.7. The Hall–Kier alpha value is -2.53. The van der Waals surface area contributed by atoms with Crippen LogP contribution in [-0.4, -0.2) is 27.9 Å². The first-order chi connectivity index (χ1) is 11.6. The predicted molar refractivity (Wildman–Crippen MR) is 88.3 cm³/mol. The minimum Gasteiger partial charge on any atom is -0.509 e. The van der Waals surface area contributed by atoms with E-state index in [9.17, 15) is 15.0 Å². The molecule has 2 N–H and O–H groups in total. The van der Waals surface area contributed by atoms with E-state index in [1.165, 1.54) is 7.11 Å². The van der Waals surface area contributed by atoms with Crippen LogP contribution in [0.5, 0.6) is 0 Å². The van der Waals surface area contributed by atoms with Gasteiger partial charge in [-0.05, 0) is 36.5 Å². The van der Waals surface area contributed by atoms with Gasteiger partial charge in [0.25, 0.3) is 0 Å². The fourth-order valence-electron chi connectivity index (χ4n) is 3.80. The Kier molecular flexibility index (Phi) is 3.28. The van der Waals surface area contributed by atoms with Crippen LogP contribution in [0, 0.1) is 0 Å². The van der Waals surface area contributed by atoms with Crippen LogP contribution in [0.25, 0.3) is 11.1 Å². The van der Waals surface area contributed by atoms with Gasteiger partial charge in [-0.25, -0.2) is 4.79 Å². The van der Waals surface area contributed by atoms with Crippen LogP contribution < -0.4 is 0 Å². The lowest BCUT2D eigenvalue weighted by Gasteiger charge is -2.47. The lowest BCUT2D eigenvalue weighted by atomic mass is 9.71. The first-order valence-electron chi connectivity index (χ1n) is 8.06. The molecular weight excluding hydrogens is 306 g/mol. The summed E-state index contributed by atoms with van der Waals surface area (Å²) >= 11 is 0. The molecule has 5 nitrogen and oxygen atoms in total. The molecule has 0 amide bonds. The number of carbonyl (C=O) groups is 1. The van der Waals surface area contributed by atoms with Gasteiger partial charge in [0.2, 0.25) is 0 Å². The number of methoxy groups -OCH3 is 1. The third-order valence-corrected chi connectivity index (χ3v) is 5.25. The van der Waals surface area contributed by atoms with E-state index in [1.807, 2.05) is 47.2 Å². The van der Waals surface area contributed by atoms with Gasteiger partial charge in [-0.3, -0.25) is 0 Å². The van der Waals surface area contributed by atoms with E-state index in [0.29, 0.717) is 5.69 Å². The molecule has 1 unspecified atom stereocenters. The number of aliphatic hydroxyl groups excluding tert-OH is 2. The molecule has 1 fully saturated rings. The summed E-state index contributed by atoms with van der Waals surface area (Å²) in [5.41, 5.74) is 1.93. The van der Waals surface area contributed by atoms with Crippen molar-refractivity contribution < 1.29 is 19.7 Å². The van der Waals surface area contributed by atoms with Crippen LogP contribution in [0.4, 0.5) is 0 Å². The molecule has 0 radical (unpaired) electrons. The first kappa shape index (κ1) is 15.0. The molecule has 1 spiro atoms. The highest BCUT2D eigenvalue weighted by Gasteiger charge is 2.51. The molecule has 4 rings (SSSR count). The van der Waals surface area contributed by atoms with E-state index in [0.717, 1.165) is 30.4 Å². The second-order valence-corrected chi connectivity index (χ2v) is 6.43. The zero-order valence-electron chi connectivity index (χ0n) is 13.4. The summed E-state index contributed by atoms with van der Waals surface area (Å²) in [4.78, 5) is 12.1. The van der Waals surface area contributed by atoms with E-state index in [1.54, 1.807) is 0 Å². The second-order valence-electron chi connectivity index (χ2n) is 6.43. The van der Waals surface area contributed by atoms with E-state index in [-0.39, 0.29) is 11.3 Å². The maximum Gasteiger partial charge on any atom is 0.340 e. The number of aromatic nitrogens is 1. The van der Waals surface area contributed by atoms with Crippen molar-refractivity contribution >= 4 is 5.97 Å². The summed E-state index contributed by atoms with van der Waals surface area (Å²) in [6.45, 7) is 0. The Morgan fingerprint density at radius 2 is 1.96 bits per heavy atom. The smallest absolute Gasteiger partial charge is 0.340 e. The second kappa shape index (κ2) is 5.24. The van der Waals surface area contributed by atoms with Crippen molar-refractivity contribution in [2.24, 2.45) is 0 Å². The fraction of sp³-hybridized carbons (Fsp3) is 0.316. The minimum atomic E-state index is -1.19. The molecule has 0 bridgehead atoms. The number of benzene rings is 1. The van der Waals surface area contributed by atoms with Crippen molar-refractivity contribution in [1.82, 2.24) is 4.57 Å². The van der Waals surface area contributed by atoms with Crippen LogP contribution in [0.2, 0.25) is 0 Å². The van der Waals surface area contributed by atoms with Crippen molar-refractivity contribution in [2.75, 3.05) is 7.11 Å². The summed E-state index contributed by atoms with van der Waals surface area (Å²) in [6.07, 6.45) is 3.20. The normalized spacial score (nSPS) is 21.3. The molecule has 24 heavy (non-hydrogen) atoms. The van der Waals surface area contributed by atoms with E-state index in [2.05, 4.69) is 0 Å². The van der Waals surface area contributed by atoms with Gasteiger partial charge in [0, 0.05) is 6.20 Å². The number of ether oxygens (including phenoxy) is 1. The quantitative estimate of drug-likeness (QED) is 0.833. The molecule has 124 valence electrons. The molecule has 2 aromatic rings. The van der Waals surface area contributed by atoms with Crippen molar-refractivity contribution in [3.05, 3.63) is 59.6 Å². The van der Waals surface area contributed by atoms with E-state index < -0.39 is 17.6 Å². The molecule has 2 heterocycles. The van der Waals surface area contributed by atoms with Crippen molar-refractivity contribution in [2.45, 2.75) is 30.9 Å². The molecular formula is C19H19NO4. The molecule has 1 aromatic carbocycles. The van der Waals surface area contributed by atoms with Gasteiger partial charge in [-0.2, -0.15) is 0 Å². The van der Waals surface area contributed by atoms with Gasteiger partial charge in [0.05, 0.1) is 12.8 Å². The van der Waals surface area contributed by atoms with E-state index in [4.69, 9.17) is 4.74 Å². The van der Waals surface area contributed by atoms with Gasteiger partial charge in [0.1, 0.15) is 23.0 Å². The highest BCUT2D eigenvalue weighted by molar-refractivity contribution is 5.91. The van der Waals surface area contributed by atoms with Crippen LogP contribution >= 0.6 is 0 Å². The molecule has 1 aliphatic carbocycles. The van der Waals surface area contributed by atoms with Crippen molar-refractivity contribution in [3.63, 3.8) is 0 Å². The number of fused-ring (bicyclic) bond motifs is 2. The lowest BCUT2D eigenvalue weighted by Crippen LogP contribution is -2.47. The number of esters is 1. The number of carbonyl (C=O) groups excluding carboxylic acids is 1. The standard InChI is InChI=1S/C19H19NO4/c1-24-18(23)15-16(21)14-10-13(12-6-3-2-4-7-12)11-20(14)19(17(15)22)8-5-9-19/h2-4,6-7,10-11,16,21-22H,5,8-9H2,1H3. The third kappa shape index (κ3) is 1.88. The maximum absolute atomic E-state index is 12.1. The lowest BCUT2D eigenvalue weighted by molar-refractivity contribution is -0.138. The Morgan fingerprint density at radius 3 is 2.54 bits per heavy atom. The highest BCUT2D eigenvalue weighted by atomic mass is 16.5. The van der Waals surface area contributed by atoms with Crippen LogP contribution in [-0.2, 0) is 15.1 Å². The van der Waals surface area contributed by atoms with Gasteiger partial charge >= 0.3 is 5.97 Å². The molecule has 2 aliphatic rings. The number of aliphatic hydroxyl groups is 2. The van der Waals surface area contributed by atoms with Gasteiger partial charge in [-0.1, -0.05) is 30.3 Å². The van der Waals surface area contributed by atoms with Gasteiger partial charge < -0.3 is 19.5 Å². The third-order valence-electron chi connectivity index (χ3n) is 5.25. The average molecular weight is 325 g/mol. The van der Waals surface area contributed by atoms with Gasteiger partial charge in [-0.15, -0.1) is 0 Å². The van der Waals surface area contributed by atoms with Crippen molar-refractivity contribution in [1.29, 1.82) is 0 Å². The largest absolute Gasteiger partial charge is 0.509 e. The van der Waals surface area contributed by atoms with E-state index >= 15 is 0 Å². The number of rotatable bonds is 2.